The fourth-order valence-corrected chi connectivity index (χ4v) is 3.61. The van der Waals surface area contributed by atoms with E-state index in [-0.39, 0.29) is 0 Å². The Bertz CT molecular complexity index is 729. The van der Waals surface area contributed by atoms with Crippen molar-refractivity contribution in [2.45, 2.75) is 9.92 Å². The van der Waals surface area contributed by atoms with E-state index in [1.807, 2.05) is 35.7 Å². The minimum Gasteiger partial charge on any atom is -0.292 e. The number of fused-ring (bicyclic) bond motifs is 1. The highest BCUT2D eigenvalue weighted by atomic mass is 35.5. The van der Waals surface area contributed by atoms with E-state index in [9.17, 15) is 0 Å². The standard InChI is InChI=1S/C12H9ClN4S2/c13-8-3-1-2-4-9(8)19-11-7-5-6-18-10(7)15-12(16-11)17-14/h1-6H,14H2,(H,15,16,17). The van der Waals surface area contributed by atoms with Gasteiger partial charge in [-0.15, -0.1) is 11.3 Å². The number of anilines is 1. The van der Waals surface area contributed by atoms with Gasteiger partial charge in [0, 0.05) is 10.3 Å². The van der Waals surface area contributed by atoms with Gasteiger partial charge in [0.2, 0.25) is 5.95 Å². The van der Waals surface area contributed by atoms with Gasteiger partial charge in [-0.1, -0.05) is 35.5 Å². The second kappa shape index (κ2) is 5.34. The number of nitrogens with one attached hydrogen (secondary N) is 1. The number of halogens is 1. The molecule has 19 heavy (non-hydrogen) atoms. The van der Waals surface area contributed by atoms with E-state index in [0.717, 1.165) is 20.1 Å². The molecule has 2 heterocycles. The second-order valence-electron chi connectivity index (χ2n) is 3.67. The van der Waals surface area contributed by atoms with Crippen LogP contribution in [-0.4, -0.2) is 9.97 Å². The topological polar surface area (TPSA) is 63.8 Å². The molecule has 4 nitrogen and oxygen atoms in total. The van der Waals surface area contributed by atoms with Gasteiger partial charge in [0.15, 0.2) is 0 Å². The molecule has 96 valence electrons. The van der Waals surface area contributed by atoms with Crippen LogP contribution in [-0.2, 0) is 0 Å². The Morgan fingerprint density at radius 1 is 1.21 bits per heavy atom. The van der Waals surface area contributed by atoms with Crippen LogP contribution >= 0.6 is 34.7 Å². The molecule has 3 rings (SSSR count). The van der Waals surface area contributed by atoms with Crippen molar-refractivity contribution in [2.75, 3.05) is 5.43 Å². The lowest BCUT2D eigenvalue weighted by Crippen LogP contribution is -2.10. The molecule has 0 radical (unpaired) electrons. The molecule has 0 aliphatic heterocycles. The molecule has 7 heteroatoms. The van der Waals surface area contributed by atoms with Gasteiger partial charge in [-0.25, -0.2) is 15.8 Å². The number of nitrogens with two attached hydrogens (primary N) is 1. The number of rotatable bonds is 3. The van der Waals surface area contributed by atoms with Crippen molar-refractivity contribution in [1.82, 2.24) is 9.97 Å². The largest absolute Gasteiger partial charge is 0.292 e. The number of hydrogen-bond donors (Lipinski definition) is 2. The monoisotopic (exact) mass is 308 g/mol. The molecule has 0 bridgehead atoms. The Balaban J connectivity index is 2.09. The molecule has 3 N–H and O–H groups in total. The fourth-order valence-electron chi connectivity index (χ4n) is 1.60. The van der Waals surface area contributed by atoms with E-state index < -0.39 is 0 Å². The summed E-state index contributed by atoms with van der Waals surface area (Å²) in [4.78, 5) is 10.6. The first-order valence-electron chi connectivity index (χ1n) is 5.42. The third-order valence-corrected chi connectivity index (χ3v) is 4.79. The van der Waals surface area contributed by atoms with Crippen molar-refractivity contribution >= 4 is 50.9 Å². The summed E-state index contributed by atoms with van der Waals surface area (Å²) in [5, 5.41) is 4.54. The zero-order chi connectivity index (χ0) is 13.2. The van der Waals surface area contributed by atoms with Crippen LogP contribution in [0.1, 0.15) is 0 Å². The molecule has 1 aromatic carbocycles. The zero-order valence-electron chi connectivity index (χ0n) is 9.63. The van der Waals surface area contributed by atoms with Crippen molar-refractivity contribution in [3.63, 3.8) is 0 Å². The molecule has 0 saturated carbocycles. The van der Waals surface area contributed by atoms with Crippen molar-refractivity contribution in [3.05, 3.63) is 40.7 Å². The summed E-state index contributed by atoms with van der Waals surface area (Å²) in [5.74, 6) is 5.80. The molecule has 0 unspecified atom stereocenters. The number of aromatic nitrogens is 2. The summed E-state index contributed by atoms with van der Waals surface area (Å²) in [6.07, 6.45) is 0. The molecule has 0 amide bonds. The third kappa shape index (κ3) is 2.52. The summed E-state index contributed by atoms with van der Waals surface area (Å²) in [5.41, 5.74) is 2.49. The highest BCUT2D eigenvalue weighted by Crippen LogP contribution is 2.37. The fraction of sp³-hybridized carbons (Fsp3) is 0. The Hall–Kier alpha value is -1.34. The molecular formula is C12H9ClN4S2. The van der Waals surface area contributed by atoms with Crippen molar-refractivity contribution < 1.29 is 0 Å². The van der Waals surface area contributed by atoms with Gasteiger partial charge < -0.3 is 0 Å². The third-order valence-electron chi connectivity index (χ3n) is 2.46. The van der Waals surface area contributed by atoms with Crippen molar-refractivity contribution in [1.29, 1.82) is 0 Å². The van der Waals surface area contributed by atoms with E-state index >= 15 is 0 Å². The first-order valence-corrected chi connectivity index (χ1v) is 7.49. The van der Waals surface area contributed by atoms with Gasteiger partial charge in [0.05, 0.1) is 5.02 Å². The number of thiophene rings is 1. The van der Waals surface area contributed by atoms with Crippen molar-refractivity contribution in [2.24, 2.45) is 5.84 Å². The Labute approximate surface area is 123 Å². The van der Waals surface area contributed by atoms with Crippen LogP contribution in [0.15, 0.2) is 45.6 Å². The van der Waals surface area contributed by atoms with Gasteiger partial charge in [0.1, 0.15) is 9.86 Å². The van der Waals surface area contributed by atoms with E-state index in [1.54, 1.807) is 11.3 Å². The molecule has 2 aromatic heterocycles. The molecule has 0 aliphatic carbocycles. The molecule has 0 saturated heterocycles. The summed E-state index contributed by atoms with van der Waals surface area (Å²) < 4.78 is 0. The van der Waals surface area contributed by atoms with Crippen LogP contribution in [0.25, 0.3) is 10.2 Å². The number of nitrogen functional groups attached to an aromatic ring is 1. The van der Waals surface area contributed by atoms with Gasteiger partial charge >= 0.3 is 0 Å². The first-order chi connectivity index (χ1) is 9.28. The van der Waals surface area contributed by atoms with E-state index in [4.69, 9.17) is 17.4 Å². The van der Waals surface area contributed by atoms with Crippen LogP contribution < -0.4 is 11.3 Å². The predicted molar refractivity (Wildman–Crippen MR) is 80.8 cm³/mol. The minimum atomic E-state index is 0.407. The van der Waals surface area contributed by atoms with E-state index in [0.29, 0.717) is 11.0 Å². The number of nitrogens with zero attached hydrogens (tertiary/aromatic N) is 2. The lowest BCUT2D eigenvalue weighted by molar-refractivity contribution is 1.08. The normalized spacial score (nSPS) is 10.8. The zero-order valence-corrected chi connectivity index (χ0v) is 12.0. The van der Waals surface area contributed by atoms with Crippen molar-refractivity contribution in [3.8, 4) is 0 Å². The van der Waals surface area contributed by atoms with Crippen LogP contribution in [0.2, 0.25) is 5.02 Å². The first kappa shape index (κ1) is 12.7. The molecule has 0 fully saturated rings. The highest BCUT2D eigenvalue weighted by molar-refractivity contribution is 7.99. The van der Waals surface area contributed by atoms with Gasteiger partial charge in [-0.2, -0.15) is 0 Å². The maximum atomic E-state index is 6.17. The molecule has 0 aliphatic rings. The van der Waals surface area contributed by atoms with Crippen LogP contribution in [0.5, 0.6) is 0 Å². The Morgan fingerprint density at radius 2 is 2.05 bits per heavy atom. The lowest BCUT2D eigenvalue weighted by Gasteiger charge is -2.06. The average Bonchev–Trinajstić information content (AvgIpc) is 2.89. The van der Waals surface area contributed by atoms with Crippen LogP contribution in [0.3, 0.4) is 0 Å². The Kier molecular flexibility index (Phi) is 3.56. The minimum absolute atomic E-state index is 0.407. The quantitative estimate of drug-likeness (QED) is 0.438. The summed E-state index contributed by atoms with van der Waals surface area (Å²) in [6, 6.07) is 9.67. The van der Waals surface area contributed by atoms with Gasteiger partial charge in [0.25, 0.3) is 0 Å². The summed E-state index contributed by atoms with van der Waals surface area (Å²) >= 11 is 9.23. The maximum Gasteiger partial charge on any atom is 0.239 e. The summed E-state index contributed by atoms with van der Waals surface area (Å²) in [6.45, 7) is 0. The van der Waals surface area contributed by atoms with E-state index in [2.05, 4.69) is 15.4 Å². The molecule has 0 spiro atoms. The average molecular weight is 309 g/mol. The van der Waals surface area contributed by atoms with Gasteiger partial charge in [-0.05, 0) is 23.6 Å². The predicted octanol–water partition coefficient (Wildman–Crippen LogP) is 3.78. The smallest absolute Gasteiger partial charge is 0.239 e. The molecule has 0 atom stereocenters. The van der Waals surface area contributed by atoms with Crippen LogP contribution in [0.4, 0.5) is 5.95 Å². The highest BCUT2D eigenvalue weighted by Gasteiger charge is 2.11. The lowest BCUT2D eigenvalue weighted by atomic mass is 10.4. The SMILES string of the molecule is NNc1nc(Sc2ccccc2Cl)c2ccsc2n1. The number of hydrazine groups is 1. The molecular weight excluding hydrogens is 300 g/mol. The molecule has 3 aromatic rings. The van der Waals surface area contributed by atoms with E-state index in [1.165, 1.54) is 11.8 Å². The van der Waals surface area contributed by atoms with Crippen LogP contribution in [0, 0.1) is 0 Å². The number of hydrogen-bond acceptors (Lipinski definition) is 6. The summed E-state index contributed by atoms with van der Waals surface area (Å²) in [7, 11) is 0. The number of benzene rings is 1. The maximum absolute atomic E-state index is 6.17. The van der Waals surface area contributed by atoms with Gasteiger partial charge in [-0.3, -0.25) is 5.43 Å². The Morgan fingerprint density at radius 3 is 2.84 bits per heavy atom. The second-order valence-corrected chi connectivity index (χ2v) is 6.00.